The number of para-hydroxylation sites is 2. The van der Waals surface area contributed by atoms with Crippen LogP contribution >= 0.6 is 0 Å². The van der Waals surface area contributed by atoms with Crippen LogP contribution in [0.5, 0.6) is 0 Å². The van der Waals surface area contributed by atoms with Crippen LogP contribution in [0.4, 0.5) is 17.3 Å². The van der Waals surface area contributed by atoms with E-state index in [1.165, 1.54) is 11.1 Å². The average Bonchev–Trinajstić information content (AvgIpc) is 2.73. The molecule has 146 valence electrons. The Morgan fingerprint density at radius 1 is 1.03 bits per heavy atom. The number of aryl methyl sites for hydroxylation is 3. The molecule has 3 rings (SSSR count). The second-order valence-electron chi connectivity index (χ2n) is 6.61. The number of hydrogen-bond acceptors (Lipinski definition) is 5. The van der Waals surface area contributed by atoms with Gasteiger partial charge in [0.05, 0.1) is 11.3 Å². The van der Waals surface area contributed by atoms with E-state index in [1.807, 2.05) is 13.0 Å². The molecule has 6 nitrogen and oxygen atoms in total. The zero-order chi connectivity index (χ0) is 20.8. The van der Waals surface area contributed by atoms with Crippen molar-refractivity contribution in [2.24, 2.45) is 0 Å². The highest BCUT2D eigenvalue weighted by Gasteiger charge is 2.14. The van der Waals surface area contributed by atoms with E-state index >= 15 is 0 Å². The van der Waals surface area contributed by atoms with E-state index in [2.05, 4.69) is 52.7 Å². The van der Waals surface area contributed by atoms with Crippen LogP contribution in [0.25, 0.3) is 0 Å². The molecular weight excluding hydrogens is 362 g/mol. The first-order valence-electron chi connectivity index (χ1n) is 9.59. The number of nitriles is 1. The van der Waals surface area contributed by atoms with Gasteiger partial charge in [0.15, 0.2) is 0 Å². The first-order chi connectivity index (χ1) is 14.0. The maximum atomic E-state index is 12.7. The summed E-state index contributed by atoms with van der Waals surface area (Å²) < 4.78 is 0. The molecule has 3 aromatic rings. The highest BCUT2D eigenvalue weighted by atomic mass is 16.1. The molecule has 6 heteroatoms. The van der Waals surface area contributed by atoms with Crippen LogP contribution in [0.2, 0.25) is 0 Å². The molecule has 0 spiro atoms. The van der Waals surface area contributed by atoms with Crippen molar-refractivity contribution in [3.05, 3.63) is 76.6 Å². The largest absolute Gasteiger partial charge is 0.324 e. The summed E-state index contributed by atoms with van der Waals surface area (Å²) in [4.78, 5) is 21.6. The molecule has 0 saturated heterocycles. The van der Waals surface area contributed by atoms with Crippen LogP contribution in [0.1, 0.15) is 46.7 Å². The van der Waals surface area contributed by atoms with E-state index in [1.54, 1.807) is 30.3 Å². The van der Waals surface area contributed by atoms with Gasteiger partial charge in [0.25, 0.3) is 5.91 Å². The van der Waals surface area contributed by atoms with Gasteiger partial charge in [-0.2, -0.15) is 5.26 Å². The number of aromatic nitrogens is 2. The van der Waals surface area contributed by atoms with Crippen molar-refractivity contribution in [1.82, 2.24) is 9.97 Å². The Hall–Kier alpha value is -3.72. The SMILES string of the molecule is CCc1cccc(CC)c1Nc1nc(C)cc(C(=O)Nc2ccccc2C#N)n1. The molecule has 2 aromatic carbocycles. The summed E-state index contributed by atoms with van der Waals surface area (Å²) in [6.45, 7) is 6.02. The number of benzene rings is 2. The van der Waals surface area contributed by atoms with Crippen molar-refractivity contribution in [2.45, 2.75) is 33.6 Å². The lowest BCUT2D eigenvalue weighted by Gasteiger charge is -2.15. The van der Waals surface area contributed by atoms with Crippen molar-refractivity contribution in [3.8, 4) is 6.07 Å². The summed E-state index contributed by atoms with van der Waals surface area (Å²) in [5.41, 5.74) is 5.09. The fourth-order valence-corrected chi connectivity index (χ4v) is 3.13. The molecule has 0 unspecified atom stereocenters. The minimum atomic E-state index is -0.388. The van der Waals surface area contributed by atoms with Gasteiger partial charge >= 0.3 is 0 Å². The molecule has 0 aliphatic heterocycles. The van der Waals surface area contributed by atoms with Gasteiger partial charge in [-0.1, -0.05) is 44.2 Å². The molecule has 1 heterocycles. The van der Waals surface area contributed by atoms with Crippen LogP contribution in [0.15, 0.2) is 48.5 Å². The maximum absolute atomic E-state index is 12.7. The first kappa shape index (κ1) is 20.0. The number of nitrogens with zero attached hydrogens (tertiary/aromatic N) is 3. The van der Waals surface area contributed by atoms with Crippen LogP contribution in [-0.4, -0.2) is 15.9 Å². The summed E-state index contributed by atoms with van der Waals surface area (Å²) in [6.07, 6.45) is 1.75. The molecular formula is C23H23N5O. The molecule has 1 amide bonds. The minimum Gasteiger partial charge on any atom is -0.324 e. The molecule has 0 bridgehead atoms. The van der Waals surface area contributed by atoms with Crippen LogP contribution in [0, 0.1) is 18.3 Å². The first-order valence-corrected chi connectivity index (χ1v) is 9.59. The Labute approximate surface area is 170 Å². The highest BCUT2D eigenvalue weighted by Crippen LogP contribution is 2.25. The van der Waals surface area contributed by atoms with Crippen LogP contribution in [0.3, 0.4) is 0 Å². The average molecular weight is 385 g/mol. The van der Waals surface area contributed by atoms with Gasteiger partial charge in [0.1, 0.15) is 11.8 Å². The summed E-state index contributed by atoms with van der Waals surface area (Å²) in [7, 11) is 0. The third kappa shape index (κ3) is 4.58. The third-order valence-electron chi connectivity index (χ3n) is 4.62. The van der Waals surface area contributed by atoms with Gasteiger partial charge in [-0.25, -0.2) is 9.97 Å². The molecule has 0 saturated carbocycles. The van der Waals surface area contributed by atoms with Crippen LogP contribution in [-0.2, 0) is 12.8 Å². The van der Waals surface area contributed by atoms with Gasteiger partial charge in [0, 0.05) is 11.4 Å². The van der Waals surface area contributed by atoms with Gasteiger partial charge in [-0.15, -0.1) is 0 Å². The van der Waals surface area contributed by atoms with Gasteiger partial charge in [0.2, 0.25) is 5.95 Å². The Morgan fingerprint density at radius 3 is 2.38 bits per heavy atom. The van der Waals surface area contributed by atoms with E-state index < -0.39 is 0 Å². The minimum absolute atomic E-state index is 0.236. The van der Waals surface area contributed by atoms with E-state index in [4.69, 9.17) is 0 Å². The summed E-state index contributed by atoms with van der Waals surface area (Å²) in [5, 5.41) is 15.3. The molecule has 0 fully saturated rings. The molecule has 0 atom stereocenters. The van der Waals surface area contributed by atoms with Gasteiger partial charge in [-0.05, 0) is 49.1 Å². The molecule has 29 heavy (non-hydrogen) atoms. The van der Waals surface area contributed by atoms with Gasteiger partial charge in [-0.3, -0.25) is 4.79 Å². The zero-order valence-corrected chi connectivity index (χ0v) is 16.8. The van der Waals surface area contributed by atoms with E-state index in [-0.39, 0.29) is 11.6 Å². The lowest BCUT2D eigenvalue weighted by Crippen LogP contribution is -2.16. The Kier molecular flexibility index (Phi) is 6.20. The monoisotopic (exact) mass is 385 g/mol. The molecule has 0 radical (unpaired) electrons. The normalized spacial score (nSPS) is 10.3. The number of carbonyl (C=O) groups is 1. The predicted octanol–water partition coefficient (Wildman–Crippen LogP) is 4.78. The quantitative estimate of drug-likeness (QED) is 0.637. The lowest BCUT2D eigenvalue weighted by molar-refractivity contribution is 0.102. The highest BCUT2D eigenvalue weighted by molar-refractivity contribution is 6.03. The molecule has 2 N–H and O–H groups in total. The van der Waals surface area contributed by atoms with Crippen molar-refractivity contribution in [3.63, 3.8) is 0 Å². The standard InChI is InChI=1S/C23H23N5O/c1-4-16-10-8-11-17(5-2)21(16)28-23-25-15(3)13-20(27-23)22(29)26-19-12-7-6-9-18(19)14-24/h6-13H,4-5H2,1-3H3,(H,26,29)(H,25,27,28). The zero-order valence-electron chi connectivity index (χ0n) is 16.8. The Balaban J connectivity index is 1.91. The van der Waals surface area contributed by atoms with Crippen LogP contribution < -0.4 is 10.6 Å². The second-order valence-corrected chi connectivity index (χ2v) is 6.61. The number of rotatable bonds is 6. The second kappa shape index (κ2) is 8.98. The number of amides is 1. The van der Waals surface area contributed by atoms with E-state index in [0.29, 0.717) is 22.9 Å². The number of nitrogens with one attached hydrogen (secondary N) is 2. The van der Waals surface area contributed by atoms with E-state index in [9.17, 15) is 10.1 Å². The molecule has 1 aromatic heterocycles. The van der Waals surface area contributed by atoms with Crippen molar-refractivity contribution >= 4 is 23.2 Å². The summed E-state index contributed by atoms with van der Waals surface area (Å²) in [6, 6.07) is 16.8. The summed E-state index contributed by atoms with van der Waals surface area (Å²) >= 11 is 0. The Morgan fingerprint density at radius 2 is 1.72 bits per heavy atom. The lowest BCUT2D eigenvalue weighted by atomic mass is 10.0. The van der Waals surface area contributed by atoms with Crippen molar-refractivity contribution in [1.29, 1.82) is 5.26 Å². The molecule has 0 aliphatic rings. The molecule has 0 aliphatic carbocycles. The number of carbonyl (C=O) groups excluding carboxylic acids is 1. The van der Waals surface area contributed by atoms with Crippen molar-refractivity contribution < 1.29 is 4.79 Å². The number of hydrogen-bond donors (Lipinski definition) is 2. The topological polar surface area (TPSA) is 90.7 Å². The number of anilines is 3. The summed E-state index contributed by atoms with van der Waals surface area (Å²) in [5.74, 6) is -0.0138. The maximum Gasteiger partial charge on any atom is 0.274 e. The fourth-order valence-electron chi connectivity index (χ4n) is 3.13. The van der Waals surface area contributed by atoms with Gasteiger partial charge < -0.3 is 10.6 Å². The van der Waals surface area contributed by atoms with Crippen molar-refractivity contribution in [2.75, 3.05) is 10.6 Å². The smallest absolute Gasteiger partial charge is 0.274 e. The third-order valence-corrected chi connectivity index (χ3v) is 4.62. The van der Waals surface area contributed by atoms with E-state index in [0.717, 1.165) is 18.5 Å². The fraction of sp³-hybridized carbons (Fsp3) is 0.217. The predicted molar refractivity (Wildman–Crippen MR) is 114 cm³/mol. The Bertz CT molecular complexity index is 1060.